The Morgan fingerprint density at radius 2 is 1.93 bits per heavy atom. The molecule has 1 unspecified atom stereocenters. The van der Waals surface area contributed by atoms with Crippen molar-refractivity contribution < 1.29 is 9.21 Å². The lowest BCUT2D eigenvalue weighted by atomic mass is 9.97. The Morgan fingerprint density at radius 3 is 2.83 bits per heavy atom. The fourth-order valence-corrected chi connectivity index (χ4v) is 4.00. The highest BCUT2D eigenvalue weighted by Gasteiger charge is 2.29. The van der Waals surface area contributed by atoms with Crippen LogP contribution in [-0.2, 0) is 6.54 Å². The van der Waals surface area contributed by atoms with Crippen molar-refractivity contribution in [2.45, 2.75) is 25.3 Å². The molecule has 0 saturated carbocycles. The molecule has 1 saturated heterocycles. The maximum atomic E-state index is 13.0. The summed E-state index contributed by atoms with van der Waals surface area (Å²) in [5.41, 5.74) is 0.698. The van der Waals surface area contributed by atoms with Gasteiger partial charge in [-0.3, -0.25) is 14.0 Å². The largest absolute Gasteiger partial charge is 0.454 e. The van der Waals surface area contributed by atoms with Crippen molar-refractivity contribution in [1.82, 2.24) is 24.1 Å². The first-order valence-corrected chi connectivity index (χ1v) is 10.0. The third-order valence-electron chi connectivity index (χ3n) is 5.51. The maximum absolute atomic E-state index is 13.0. The Kier molecular flexibility index (Phi) is 4.66. The highest BCUT2D eigenvalue weighted by Crippen LogP contribution is 2.27. The summed E-state index contributed by atoms with van der Waals surface area (Å²) >= 11 is 0. The quantitative estimate of drug-likeness (QED) is 0.523. The average molecular weight is 403 g/mol. The summed E-state index contributed by atoms with van der Waals surface area (Å²) in [6.07, 6.45) is 5.51. The lowest BCUT2D eigenvalue weighted by Crippen LogP contribution is -2.39. The summed E-state index contributed by atoms with van der Waals surface area (Å²) in [6, 6.07) is 14.2. The van der Waals surface area contributed by atoms with Gasteiger partial charge in [0.15, 0.2) is 11.4 Å². The summed E-state index contributed by atoms with van der Waals surface area (Å²) in [5, 5.41) is 8.60. The van der Waals surface area contributed by atoms with Gasteiger partial charge in [0.25, 0.3) is 11.5 Å². The van der Waals surface area contributed by atoms with Crippen LogP contribution in [0.15, 0.2) is 70.1 Å². The lowest BCUT2D eigenvalue weighted by Gasteiger charge is -2.31. The molecule has 1 amide bonds. The van der Waals surface area contributed by atoms with Gasteiger partial charge in [-0.15, -0.1) is 10.2 Å². The van der Waals surface area contributed by atoms with Crippen molar-refractivity contribution in [2.75, 3.05) is 13.1 Å². The normalized spacial score (nSPS) is 16.8. The lowest BCUT2D eigenvalue weighted by molar-refractivity contribution is 0.0670. The van der Waals surface area contributed by atoms with E-state index in [1.807, 2.05) is 33.7 Å². The highest BCUT2D eigenvalue weighted by molar-refractivity contribution is 5.91. The van der Waals surface area contributed by atoms with Gasteiger partial charge in [-0.25, -0.2) is 0 Å². The third-order valence-corrected chi connectivity index (χ3v) is 5.51. The van der Waals surface area contributed by atoms with Crippen LogP contribution in [0.1, 0.15) is 40.9 Å². The van der Waals surface area contributed by atoms with Crippen LogP contribution in [-0.4, -0.2) is 43.1 Å². The molecule has 0 aromatic carbocycles. The topological polar surface area (TPSA) is 85.6 Å². The number of rotatable bonds is 4. The first-order valence-electron chi connectivity index (χ1n) is 10.0. The van der Waals surface area contributed by atoms with Gasteiger partial charge in [0.2, 0.25) is 0 Å². The van der Waals surface area contributed by atoms with E-state index in [4.69, 9.17) is 4.42 Å². The molecule has 8 heteroatoms. The molecule has 0 N–H and O–H groups in total. The molecule has 1 fully saturated rings. The number of hydrogen-bond acceptors (Lipinski definition) is 5. The number of carbonyl (C=O) groups excluding carboxylic acids is 1. The van der Waals surface area contributed by atoms with Gasteiger partial charge in [0.1, 0.15) is 11.6 Å². The minimum Gasteiger partial charge on any atom is -0.454 e. The van der Waals surface area contributed by atoms with E-state index in [1.54, 1.807) is 35.0 Å². The number of fused-ring (bicyclic) bond motifs is 1. The van der Waals surface area contributed by atoms with E-state index in [0.29, 0.717) is 31.2 Å². The number of amides is 1. The molecule has 152 valence electrons. The molecule has 0 aliphatic carbocycles. The Labute approximate surface area is 172 Å². The van der Waals surface area contributed by atoms with Gasteiger partial charge in [0, 0.05) is 37.5 Å². The molecule has 4 aromatic rings. The molecule has 8 nitrogen and oxygen atoms in total. The molecule has 1 aliphatic rings. The molecule has 30 heavy (non-hydrogen) atoms. The molecular weight excluding hydrogens is 382 g/mol. The fraction of sp³-hybridized carbons (Fsp3) is 0.273. The van der Waals surface area contributed by atoms with Crippen molar-refractivity contribution in [1.29, 1.82) is 0 Å². The third kappa shape index (κ3) is 3.41. The average Bonchev–Trinajstić information content (AvgIpc) is 3.42. The van der Waals surface area contributed by atoms with Crippen molar-refractivity contribution in [2.24, 2.45) is 0 Å². The number of likely N-dealkylation sites (tertiary alicyclic amines) is 1. The Hall–Kier alpha value is -3.68. The van der Waals surface area contributed by atoms with Crippen molar-refractivity contribution in [3.05, 3.63) is 88.6 Å². The number of nitrogens with zero attached hydrogens (tertiary/aromatic N) is 5. The second-order valence-electron chi connectivity index (χ2n) is 7.51. The van der Waals surface area contributed by atoms with Crippen LogP contribution >= 0.6 is 0 Å². The number of hydrogen-bond donors (Lipinski definition) is 0. The van der Waals surface area contributed by atoms with Crippen LogP contribution in [0.3, 0.4) is 0 Å². The summed E-state index contributed by atoms with van der Waals surface area (Å²) in [7, 11) is 0. The van der Waals surface area contributed by atoms with Gasteiger partial charge in [-0.05, 0) is 43.2 Å². The molecular formula is C22H21N5O3. The molecule has 1 atom stereocenters. The Morgan fingerprint density at radius 1 is 1.07 bits per heavy atom. The molecule has 5 heterocycles. The molecule has 0 spiro atoms. The first kappa shape index (κ1) is 18.4. The second kappa shape index (κ2) is 7.62. The molecule has 0 bridgehead atoms. The zero-order valence-corrected chi connectivity index (χ0v) is 16.3. The zero-order valence-electron chi connectivity index (χ0n) is 16.3. The molecule has 0 radical (unpaired) electrons. The maximum Gasteiger partial charge on any atom is 0.289 e. The van der Waals surface area contributed by atoms with E-state index in [0.717, 1.165) is 24.3 Å². The number of pyridine rings is 2. The van der Waals surface area contributed by atoms with E-state index < -0.39 is 0 Å². The van der Waals surface area contributed by atoms with E-state index in [1.165, 1.54) is 6.07 Å². The number of aromatic nitrogens is 4. The van der Waals surface area contributed by atoms with Gasteiger partial charge >= 0.3 is 0 Å². The van der Waals surface area contributed by atoms with Crippen LogP contribution < -0.4 is 5.56 Å². The highest BCUT2D eigenvalue weighted by atomic mass is 16.4. The summed E-state index contributed by atoms with van der Waals surface area (Å²) in [6.45, 7) is 1.55. The van der Waals surface area contributed by atoms with Gasteiger partial charge < -0.3 is 13.9 Å². The van der Waals surface area contributed by atoms with E-state index >= 15 is 0 Å². The monoisotopic (exact) mass is 403 g/mol. The smallest absolute Gasteiger partial charge is 0.289 e. The molecule has 1 aliphatic heterocycles. The number of furan rings is 1. The van der Waals surface area contributed by atoms with Gasteiger partial charge in [0.05, 0.1) is 6.54 Å². The number of carbonyl (C=O) groups is 1. The van der Waals surface area contributed by atoms with Gasteiger partial charge in [-0.2, -0.15) is 0 Å². The Balaban J connectivity index is 1.32. The summed E-state index contributed by atoms with van der Waals surface area (Å²) in [4.78, 5) is 26.7. The predicted molar refractivity (Wildman–Crippen MR) is 109 cm³/mol. The fourth-order valence-electron chi connectivity index (χ4n) is 4.00. The predicted octanol–water partition coefficient (Wildman–Crippen LogP) is 2.55. The number of piperidine rings is 1. The minimum absolute atomic E-state index is 0.110. The van der Waals surface area contributed by atoms with E-state index in [2.05, 4.69) is 10.2 Å². The van der Waals surface area contributed by atoms with Crippen LogP contribution in [0.5, 0.6) is 0 Å². The summed E-state index contributed by atoms with van der Waals surface area (Å²) in [5.74, 6) is 1.73. The Bertz CT molecular complexity index is 1250. The van der Waals surface area contributed by atoms with Crippen LogP contribution in [0, 0.1) is 0 Å². The SMILES string of the molecule is O=C(c1ccc(Cn2ccccc2=O)o1)N1CCCC(c2nnc3ccccn23)C1. The van der Waals surface area contributed by atoms with E-state index in [9.17, 15) is 9.59 Å². The summed E-state index contributed by atoms with van der Waals surface area (Å²) < 4.78 is 9.30. The minimum atomic E-state index is -0.139. The first-order chi connectivity index (χ1) is 14.7. The van der Waals surface area contributed by atoms with Crippen molar-refractivity contribution >= 4 is 11.6 Å². The van der Waals surface area contributed by atoms with Crippen molar-refractivity contribution in [3.63, 3.8) is 0 Å². The van der Waals surface area contributed by atoms with Crippen LogP contribution in [0.25, 0.3) is 5.65 Å². The molecule has 5 rings (SSSR count). The van der Waals surface area contributed by atoms with Gasteiger partial charge in [-0.1, -0.05) is 12.1 Å². The van der Waals surface area contributed by atoms with Crippen LogP contribution in [0.4, 0.5) is 0 Å². The van der Waals surface area contributed by atoms with Crippen molar-refractivity contribution in [3.8, 4) is 0 Å². The van der Waals surface area contributed by atoms with E-state index in [-0.39, 0.29) is 17.4 Å². The zero-order chi connectivity index (χ0) is 20.5. The molecule has 4 aromatic heterocycles. The van der Waals surface area contributed by atoms with Crippen LogP contribution in [0.2, 0.25) is 0 Å². The second-order valence-corrected chi connectivity index (χ2v) is 7.51. The standard InChI is InChI=1S/C22H21N5O3/c28-20-8-2-3-11-25(20)15-17-9-10-18(30-17)22(29)26-12-5-6-16(14-26)21-24-23-19-7-1-4-13-27(19)21/h1-4,7-11,13,16H,5-6,12,14-15H2.